The number of rotatable bonds is 2. The van der Waals surface area contributed by atoms with E-state index in [9.17, 15) is 0 Å². The Kier molecular flexibility index (Phi) is 3.68. The van der Waals surface area contributed by atoms with Crippen molar-refractivity contribution in [3.63, 3.8) is 0 Å². The van der Waals surface area contributed by atoms with Crippen LogP contribution in [0, 0.1) is 0 Å². The second kappa shape index (κ2) is 3.50. The SMILES string of the molecule is CCO[P@](N)O. The molecule has 0 saturated carbocycles. The van der Waals surface area contributed by atoms with Crippen molar-refractivity contribution in [1.29, 1.82) is 0 Å². The molecule has 0 aromatic rings. The van der Waals surface area contributed by atoms with Crippen molar-refractivity contribution >= 4 is 8.53 Å². The van der Waals surface area contributed by atoms with Gasteiger partial charge >= 0.3 is 0 Å². The van der Waals surface area contributed by atoms with E-state index in [0.717, 1.165) is 0 Å². The van der Waals surface area contributed by atoms with Gasteiger partial charge in [0.1, 0.15) is 0 Å². The minimum Gasteiger partial charge on any atom is -0.338 e. The Morgan fingerprint density at radius 3 is 2.50 bits per heavy atom. The average molecular weight is 109 g/mol. The summed E-state index contributed by atoms with van der Waals surface area (Å²) < 4.78 is 4.44. The van der Waals surface area contributed by atoms with Gasteiger partial charge in [-0.3, -0.25) is 5.50 Å². The molecule has 0 saturated heterocycles. The van der Waals surface area contributed by atoms with Crippen LogP contribution < -0.4 is 5.50 Å². The van der Waals surface area contributed by atoms with Crippen molar-refractivity contribution in [2.75, 3.05) is 6.61 Å². The lowest BCUT2D eigenvalue weighted by Crippen LogP contribution is -1.90. The van der Waals surface area contributed by atoms with E-state index in [1.165, 1.54) is 0 Å². The maximum atomic E-state index is 8.17. The van der Waals surface area contributed by atoms with E-state index in [1.54, 1.807) is 6.92 Å². The highest BCUT2D eigenvalue weighted by atomic mass is 31.2. The average Bonchev–Trinajstić information content (AvgIpc) is 1.35. The third-order valence-electron chi connectivity index (χ3n) is 0.261. The van der Waals surface area contributed by atoms with Gasteiger partial charge in [-0.25, -0.2) is 0 Å². The molecule has 0 heterocycles. The topological polar surface area (TPSA) is 55.5 Å². The Balaban J connectivity index is 2.63. The van der Waals surface area contributed by atoms with Crippen LogP contribution in [0.4, 0.5) is 0 Å². The van der Waals surface area contributed by atoms with Crippen molar-refractivity contribution in [1.82, 2.24) is 0 Å². The van der Waals surface area contributed by atoms with Crippen LogP contribution in [-0.4, -0.2) is 11.5 Å². The molecule has 0 aromatic heterocycles. The zero-order valence-electron chi connectivity index (χ0n) is 3.59. The summed E-state index contributed by atoms with van der Waals surface area (Å²) in [6, 6.07) is 0. The molecule has 0 radical (unpaired) electrons. The third-order valence-corrected chi connectivity index (χ3v) is 0.784. The van der Waals surface area contributed by atoms with Gasteiger partial charge < -0.3 is 9.42 Å². The summed E-state index contributed by atoms with van der Waals surface area (Å²) in [6.07, 6.45) is 0. The first-order valence-corrected chi connectivity index (χ1v) is 2.92. The molecule has 0 aliphatic rings. The summed E-state index contributed by atoms with van der Waals surface area (Å²) in [7, 11) is -1.60. The molecule has 0 rings (SSSR count). The molecule has 0 aliphatic carbocycles. The summed E-state index contributed by atoms with van der Waals surface area (Å²) in [4.78, 5) is 8.17. The van der Waals surface area contributed by atoms with Crippen molar-refractivity contribution in [3.8, 4) is 0 Å². The molecule has 0 aliphatic heterocycles. The van der Waals surface area contributed by atoms with Crippen molar-refractivity contribution < 1.29 is 9.42 Å². The molecule has 3 nitrogen and oxygen atoms in total. The first kappa shape index (κ1) is 6.31. The Hall–Kier alpha value is 0.310. The quantitative estimate of drug-likeness (QED) is 0.498. The Morgan fingerprint density at radius 1 is 2.00 bits per heavy atom. The molecule has 0 amide bonds. The van der Waals surface area contributed by atoms with Crippen LogP contribution in [0.2, 0.25) is 0 Å². The standard InChI is InChI=1S/C2H8NO2P/c1-2-5-6(3)4/h4H,2-3H2,1H3/t6-/m1/s1. The van der Waals surface area contributed by atoms with Gasteiger partial charge in [-0.2, -0.15) is 0 Å². The van der Waals surface area contributed by atoms with Crippen LogP contribution in [0.5, 0.6) is 0 Å². The maximum Gasteiger partial charge on any atom is 0.250 e. The minimum absolute atomic E-state index is 0.485. The summed E-state index contributed by atoms with van der Waals surface area (Å²) in [6.45, 7) is 2.26. The van der Waals surface area contributed by atoms with Gasteiger partial charge in [-0.05, 0) is 6.92 Å². The highest BCUT2D eigenvalue weighted by Gasteiger charge is 1.87. The molecule has 4 heteroatoms. The van der Waals surface area contributed by atoms with Crippen molar-refractivity contribution in [2.45, 2.75) is 6.92 Å². The molecule has 1 atom stereocenters. The summed E-state index contributed by atoms with van der Waals surface area (Å²) in [5.41, 5.74) is 4.80. The van der Waals surface area contributed by atoms with E-state index in [2.05, 4.69) is 4.52 Å². The van der Waals surface area contributed by atoms with E-state index in [0.29, 0.717) is 6.61 Å². The van der Waals surface area contributed by atoms with Gasteiger partial charge in [0.2, 0.25) is 8.53 Å². The first-order chi connectivity index (χ1) is 2.77. The summed E-state index contributed by atoms with van der Waals surface area (Å²) in [5, 5.41) is 0. The molecule has 0 bridgehead atoms. The van der Waals surface area contributed by atoms with Crippen LogP contribution >= 0.6 is 8.53 Å². The van der Waals surface area contributed by atoms with Gasteiger partial charge in [0.05, 0.1) is 6.61 Å². The summed E-state index contributed by atoms with van der Waals surface area (Å²) >= 11 is 0. The fraction of sp³-hybridized carbons (Fsp3) is 1.00. The van der Waals surface area contributed by atoms with Crippen molar-refractivity contribution in [3.05, 3.63) is 0 Å². The van der Waals surface area contributed by atoms with Gasteiger partial charge in [0.25, 0.3) is 0 Å². The fourth-order valence-electron chi connectivity index (χ4n) is 0.132. The molecular formula is C2H8NO2P. The minimum atomic E-state index is -1.60. The van der Waals surface area contributed by atoms with Gasteiger partial charge in [-0.1, -0.05) is 0 Å². The Bertz CT molecular complexity index is 32.7. The molecule has 3 N–H and O–H groups in total. The lowest BCUT2D eigenvalue weighted by Gasteiger charge is -1.97. The molecule has 6 heavy (non-hydrogen) atoms. The van der Waals surface area contributed by atoms with Crippen molar-refractivity contribution in [2.24, 2.45) is 5.50 Å². The van der Waals surface area contributed by atoms with Crippen LogP contribution in [0.3, 0.4) is 0 Å². The largest absolute Gasteiger partial charge is 0.338 e. The number of nitrogens with two attached hydrogens (primary N) is 1. The zero-order valence-corrected chi connectivity index (χ0v) is 4.48. The monoisotopic (exact) mass is 109 g/mol. The smallest absolute Gasteiger partial charge is 0.250 e. The van der Waals surface area contributed by atoms with E-state index in [1.807, 2.05) is 0 Å². The normalized spacial score (nSPS) is 14.5. The first-order valence-electron chi connectivity index (χ1n) is 1.64. The maximum absolute atomic E-state index is 8.17. The van der Waals surface area contributed by atoms with Gasteiger partial charge in [0, 0.05) is 0 Å². The summed E-state index contributed by atoms with van der Waals surface area (Å²) in [5.74, 6) is 0. The van der Waals surface area contributed by atoms with Crippen LogP contribution in [0.1, 0.15) is 6.92 Å². The lowest BCUT2D eigenvalue weighted by atomic mass is 10.9. The predicted molar refractivity (Wildman–Crippen MR) is 25.0 cm³/mol. The lowest BCUT2D eigenvalue weighted by molar-refractivity contribution is 0.330. The number of hydrogen-bond donors (Lipinski definition) is 2. The highest BCUT2D eigenvalue weighted by molar-refractivity contribution is 7.43. The van der Waals surface area contributed by atoms with Crippen LogP contribution in [-0.2, 0) is 4.52 Å². The molecule has 0 fully saturated rings. The molecular weight excluding hydrogens is 101 g/mol. The second-order valence-corrected chi connectivity index (χ2v) is 1.58. The third kappa shape index (κ3) is 4.31. The molecule has 0 aromatic carbocycles. The Morgan fingerprint density at radius 2 is 2.50 bits per heavy atom. The van der Waals surface area contributed by atoms with Crippen LogP contribution in [0.15, 0.2) is 0 Å². The van der Waals surface area contributed by atoms with E-state index in [4.69, 9.17) is 10.4 Å². The van der Waals surface area contributed by atoms with E-state index < -0.39 is 8.53 Å². The Labute approximate surface area is 38.1 Å². The molecule has 38 valence electrons. The van der Waals surface area contributed by atoms with E-state index >= 15 is 0 Å². The fourth-order valence-corrected chi connectivity index (χ4v) is 0.397. The zero-order chi connectivity index (χ0) is 4.99. The van der Waals surface area contributed by atoms with Gasteiger partial charge in [-0.15, -0.1) is 0 Å². The van der Waals surface area contributed by atoms with Crippen LogP contribution in [0.25, 0.3) is 0 Å². The number of hydrogen-bond acceptors (Lipinski definition) is 3. The molecule has 0 spiro atoms. The van der Waals surface area contributed by atoms with Gasteiger partial charge in [0.15, 0.2) is 0 Å². The predicted octanol–water partition coefficient (Wildman–Crippen LogP) is 0.201. The second-order valence-electron chi connectivity index (χ2n) is 0.720. The molecule has 0 unspecified atom stereocenters. The highest BCUT2D eigenvalue weighted by Crippen LogP contribution is 2.17. The van der Waals surface area contributed by atoms with E-state index in [-0.39, 0.29) is 0 Å².